The molecule has 0 aliphatic heterocycles. The highest BCUT2D eigenvalue weighted by molar-refractivity contribution is 5.85. The Bertz CT molecular complexity index is 381. The van der Waals surface area contributed by atoms with Gasteiger partial charge in [0.25, 0.3) is 0 Å². The van der Waals surface area contributed by atoms with Gasteiger partial charge in [-0.3, -0.25) is 0 Å². The molecule has 0 atom stereocenters. The van der Waals surface area contributed by atoms with Gasteiger partial charge in [-0.2, -0.15) is 5.10 Å². The molecule has 66 valence electrons. The van der Waals surface area contributed by atoms with Gasteiger partial charge in [0.2, 0.25) is 0 Å². The van der Waals surface area contributed by atoms with Gasteiger partial charge in [0.15, 0.2) is 0 Å². The third-order valence-electron chi connectivity index (χ3n) is 1.79. The monoisotopic (exact) mass is 172 g/mol. The van der Waals surface area contributed by atoms with Crippen molar-refractivity contribution >= 4 is 6.21 Å². The Kier molecular flexibility index (Phi) is 3.10. The van der Waals surface area contributed by atoms with E-state index in [4.69, 9.17) is 5.84 Å². The van der Waals surface area contributed by atoms with Crippen LogP contribution in [0.4, 0.5) is 0 Å². The van der Waals surface area contributed by atoms with Crippen LogP contribution in [0, 0.1) is 18.8 Å². The topological polar surface area (TPSA) is 38.4 Å². The smallest absolute Gasteiger partial charge is 0.0553 e. The summed E-state index contributed by atoms with van der Waals surface area (Å²) in [5.74, 6) is 11.0. The van der Waals surface area contributed by atoms with Gasteiger partial charge >= 0.3 is 0 Å². The van der Waals surface area contributed by atoms with E-state index >= 15 is 0 Å². The molecule has 0 heterocycles. The van der Waals surface area contributed by atoms with Crippen LogP contribution >= 0.6 is 0 Å². The minimum Gasteiger partial charge on any atom is -0.323 e. The Balaban J connectivity index is 3.30. The van der Waals surface area contributed by atoms with Crippen LogP contribution in [-0.2, 0) is 0 Å². The van der Waals surface area contributed by atoms with Crippen molar-refractivity contribution in [3.8, 4) is 11.8 Å². The van der Waals surface area contributed by atoms with Crippen LogP contribution in [0.3, 0.4) is 0 Å². The highest BCUT2D eigenvalue weighted by atomic mass is 15.1. The van der Waals surface area contributed by atoms with Crippen molar-refractivity contribution in [3.05, 3.63) is 34.9 Å². The number of hydrogen-bond acceptors (Lipinski definition) is 2. The molecule has 1 aromatic carbocycles. The maximum atomic E-state index is 5.12. The summed E-state index contributed by atoms with van der Waals surface area (Å²) in [6.07, 6.45) is 1.63. The summed E-state index contributed by atoms with van der Waals surface area (Å²) in [6.45, 7) is 3.82. The molecule has 13 heavy (non-hydrogen) atoms. The van der Waals surface area contributed by atoms with Gasteiger partial charge in [-0.25, -0.2) is 0 Å². The van der Waals surface area contributed by atoms with Crippen LogP contribution < -0.4 is 5.84 Å². The van der Waals surface area contributed by atoms with E-state index in [0.29, 0.717) is 0 Å². The first-order valence-electron chi connectivity index (χ1n) is 4.05. The molecular weight excluding hydrogens is 160 g/mol. The van der Waals surface area contributed by atoms with Gasteiger partial charge in [0.1, 0.15) is 0 Å². The molecule has 2 nitrogen and oxygen atoms in total. The maximum Gasteiger partial charge on any atom is 0.0553 e. The molecule has 0 aromatic heterocycles. The minimum absolute atomic E-state index is 0.969. The van der Waals surface area contributed by atoms with Crippen molar-refractivity contribution in [2.75, 3.05) is 0 Å². The predicted octanol–water partition coefficient (Wildman–Crippen LogP) is 1.66. The molecule has 0 radical (unpaired) electrons. The molecule has 0 amide bonds. The number of nitrogens with zero attached hydrogens (tertiary/aromatic N) is 1. The Morgan fingerprint density at radius 1 is 1.46 bits per heavy atom. The number of benzene rings is 1. The normalized spacial score (nSPS) is 9.69. The van der Waals surface area contributed by atoms with Crippen molar-refractivity contribution in [2.45, 2.75) is 13.8 Å². The summed E-state index contributed by atoms with van der Waals surface area (Å²) in [7, 11) is 0. The summed E-state index contributed by atoms with van der Waals surface area (Å²) in [5, 5.41) is 3.52. The lowest BCUT2D eigenvalue weighted by molar-refractivity contribution is 1.26. The molecule has 0 aliphatic carbocycles. The van der Waals surface area contributed by atoms with E-state index in [1.54, 1.807) is 6.21 Å². The number of hydrogen-bond donors (Lipinski definition) is 1. The van der Waals surface area contributed by atoms with Crippen molar-refractivity contribution in [1.82, 2.24) is 0 Å². The van der Waals surface area contributed by atoms with E-state index in [9.17, 15) is 0 Å². The van der Waals surface area contributed by atoms with Gasteiger partial charge in [0, 0.05) is 11.1 Å². The molecule has 1 aromatic rings. The number of nitrogens with two attached hydrogens (primary N) is 1. The summed E-state index contributed by atoms with van der Waals surface area (Å²) < 4.78 is 0. The first-order chi connectivity index (χ1) is 6.29. The molecule has 1 rings (SSSR count). The second-order valence-electron chi connectivity index (χ2n) is 2.69. The molecule has 0 bridgehead atoms. The van der Waals surface area contributed by atoms with Gasteiger partial charge < -0.3 is 5.84 Å². The zero-order valence-electron chi connectivity index (χ0n) is 7.83. The second-order valence-corrected chi connectivity index (χ2v) is 2.69. The molecule has 0 saturated heterocycles. The summed E-state index contributed by atoms with van der Waals surface area (Å²) in [4.78, 5) is 0. The van der Waals surface area contributed by atoms with Crippen molar-refractivity contribution in [3.63, 3.8) is 0 Å². The zero-order valence-corrected chi connectivity index (χ0v) is 7.83. The Hall–Kier alpha value is -1.75. The predicted molar refractivity (Wildman–Crippen MR) is 55.5 cm³/mol. The molecule has 0 spiro atoms. The fraction of sp³-hybridized carbons (Fsp3) is 0.182. The largest absolute Gasteiger partial charge is 0.323 e. The molecule has 0 fully saturated rings. The second kappa shape index (κ2) is 4.32. The minimum atomic E-state index is 0.969. The van der Waals surface area contributed by atoms with Crippen LogP contribution in [0.25, 0.3) is 0 Å². The Morgan fingerprint density at radius 3 is 2.85 bits per heavy atom. The van der Waals surface area contributed by atoms with E-state index in [0.717, 1.165) is 16.7 Å². The van der Waals surface area contributed by atoms with Crippen molar-refractivity contribution in [1.29, 1.82) is 0 Å². The van der Waals surface area contributed by atoms with Crippen molar-refractivity contribution in [2.24, 2.45) is 10.9 Å². The first kappa shape index (κ1) is 9.34. The third kappa shape index (κ3) is 2.09. The highest BCUT2D eigenvalue weighted by Gasteiger charge is 1.99. The molecular formula is C11H12N2. The van der Waals surface area contributed by atoms with E-state index in [1.165, 1.54) is 0 Å². The highest BCUT2D eigenvalue weighted by Crippen LogP contribution is 2.10. The Morgan fingerprint density at radius 2 is 2.23 bits per heavy atom. The zero-order chi connectivity index (χ0) is 9.68. The molecule has 2 heteroatoms. The van der Waals surface area contributed by atoms with Gasteiger partial charge in [-0.1, -0.05) is 18.1 Å². The van der Waals surface area contributed by atoms with E-state index in [2.05, 4.69) is 16.9 Å². The van der Waals surface area contributed by atoms with Gasteiger partial charge in [-0.05, 0) is 25.5 Å². The first-order valence-corrected chi connectivity index (χ1v) is 4.05. The van der Waals surface area contributed by atoms with Gasteiger partial charge in [-0.15, -0.1) is 5.92 Å². The standard InChI is InChI=1S/C11H12N2/c1-3-5-10-7-4-6-9(2)11(10)8-13-12/h4,6-8H,12H2,1-2H3/b13-8-. The molecule has 0 saturated carbocycles. The summed E-state index contributed by atoms with van der Waals surface area (Å²) in [6, 6.07) is 5.95. The van der Waals surface area contributed by atoms with Crippen molar-refractivity contribution < 1.29 is 0 Å². The molecule has 2 N–H and O–H groups in total. The molecule has 0 unspecified atom stereocenters. The lowest BCUT2D eigenvalue weighted by Crippen LogP contribution is -1.94. The summed E-state index contributed by atoms with van der Waals surface area (Å²) in [5.41, 5.74) is 3.10. The average molecular weight is 172 g/mol. The fourth-order valence-electron chi connectivity index (χ4n) is 1.17. The van der Waals surface area contributed by atoms with E-state index < -0.39 is 0 Å². The quantitative estimate of drug-likeness (QED) is 0.297. The molecule has 0 aliphatic rings. The third-order valence-corrected chi connectivity index (χ3v) is 1.79. The SMILES string of the molecule is CC#Cc1cccc(C)c1/C=N\N. The van der Waals surface area contributed by atoms with Crippen LogP contribution in [0.5, 0.6) is 0 Å². The van der Waals surface area contributed by atoms with E-state index in [1.807, 2.05) is 32.0 Å². The maximum absolute atomic E-state index is 5.12. The average Bonchev–Trinajstić information content (AvgIpc) is 2.11. The number of hydrazone groups is 1. The van der Waals surface area contributed by atoms with Crippen LogP contribution in [-0.4, -0.2) is 6.21 Å². The lowest BCUT2D eigenvalue weighted by Gasteiger charge is -2.01. The summed E-state index contributed by atoms with van der Waals surface area (Å²) >= 11 is 0. The number of aryl methyl sites for hydroxylation is 1. The Labute approximate surface area is 78.5 Å². The van der Waals surface area contributed by atoms with Gasteiger partial charge in [0.05, 0.1) is 6.21 Å². The lowest BCUT2D eigenvalue weighted by atomic mass is 10.0. The van der Waals surface area contributed by atoms with Crippen LogP contribution in [0.2, 0.25) is 0 Å². The van der Waals surface area contributed by atoms with E-state index in [-0.39, 0.29) is 0 Å². The van der Waals surface area contributed by atoms with Crippen LogP contribution in [0.1, 0.15) is 23.6 Å². The number of rotatable bonds is 1. The fourth-order valence-corrected chi connectivity index (χ4v) is 1.17. The van der Waals surface area contributed by atoms with Crippen LogP contribution in [0.15, 0.2) is 23.3 Å².